The van der Waals surface area contributed by atoms with Crippen LogP contribution in [-0.2, 0) is 23.9 Å². The third-order valence-corrected chi connectivity index (χ3v) is 5.76. The van der Waals surface area contributed by atoms with Crippen molar-refractivity contribution in [2.45, 2.75) is 142 Å². The van der Waals surface area contributed by atoms with Crippen LogP contribution in [0.15, 0.2) is 0 Å². The lowest BCUT2D eigenvalue weighted by Crippen LogP contribution is -2.31. The zero-order chi connectivity index (χ0) is 24.7. The lowest BCUT2D eigenvalue weighted by atomic mass is 9.99. The van der Waals surface area contributed by atoms with E-state index in [1.165, 1.54) is 25.7 Å². The Kier molecular flexibility index (Phi) is 21.1. The fourth-order valence-electron chi connectivity index (χ4n) is 3.80. The molecule has 0 aliphatic heterocycles. The third kappa shape index (κ3) is 20.7. The molecular formula is C26H48O7. The Hall–Kier alpha value is -1.63. The van der Waals surface area contributed by atoms with Crippen LogP contribution in [0.1, 0.15) is 129 Å². The lowest BCUT2D eigenvalue weighted by molar-refractivity contribution is -0.156. The van der Waals surface area contributed by atoms with E-state index in [1.54, 1.807) is 6.92 Å². The Morgan fingerprint density at radius 1 is 0.667 bits per heavy atom. The second kappa shape index (κ2) is 22.2. The van der Waals surface area contributed by atoms with E-state index < -0.39 is 18.2 Å². The van der Waals surface area contributed by atoms with E-state index in [4.69, 9.17) is 14.6 Å². The largest absolute Gasteiger partial charge is 0.481 e. The van der Waals surface area contributed by atoms with E-state index in [0.29, 0.717) is 38.7 Å². The van der Waals surface area contributed by atoms with Gasteiger partial charge in [-0.05, 0) is 45.4 Å². The minimum absolute atomic E-state index is 0.0491. The van der Waals surface area contributed by atoms with Gasteiger partial charge in [-0.25, -0.2) is 0 Å². The lowest BCUT2D eigenvalue weighted by Gasteiger charge is -2.23. The predicted octanol–water partition coefficient (Wildman–Crippen LogP) is 5.95. The van der Waals surface area contributed by atoms with Gasteiger partial charge >= 0.3 is 17.9 Å². The Labute approximate surface area is 200 Å². The third-order valence-electron chi connectivity index (χ3n) is 5.76. The van der Waals surface area contributed by atoms with E-state index in [-0.39, 0.29) is 24.8 Å². The SMILES string of the molecule is CCCCCCCCC(O)C(CCCCCCCC(=O)OCC)OC(=O)CCCCC(=O)O. The molecule has 0 bridgehead atoms. The first-order chi connectivity index (χ1) is 15.9. The first kappa shape index (κ1) is 31.4. The van der Waals surface area contributed by atoms with E-state index in [0.717, 1.165) is 44.9 Å². The molecule has 0 fully saturated rings. The number of hydrogen-bond donors (Lipinski definition) is 2. The number of hydrogen-bond acceptors (Lipinski definition) is 6. The van der Waals surface area contributed by atoms with Crippen LogP contribution in [0.25, 0.3) is 0 Å². The number of carboxylic acid groups (broad SMARTS) is 1. The monoisotopic (exact) mass is 472 g/mol. The topological polar surface area (TPSA) is 110 Å². The minimum Gasteiger partial charge on any atom is -0.481 e. The standard InChI is InChI=1S/C26H48O7/c1-3-5-6-7-9-12-17-22(27)23(33-26(31)21-16-15-19-24(28)29)18-13-10-8-11-14-20-25(30)32-4-2/h22-23,27H,3-21H2,1-2H3,(H,28,29). The molecule has 0 amide bonds. The van der Waals surface area contributed by atoms with E-state index in [1.807, 2.05) is 0 Å². The quantitative estimate of drug-likeness (QED) is 0.140. The van der Waals surface area contributed by atoms with Crippen molar-refractivity contribution in [2.75, 3.05) is 6.61 Å². The first-order valence-electron chi connectivity index (χ1n) is 13.2. The summed E-state index contributed by atoms with van der Waals surface area (Å²) in [5, 5.41) is 19.4. The van der Waals surface area contributed by atoms with Crippen molar-refractivity contribution in [3.05, 3.63) is 0 Å². The molecule has 2 unspecified atom stereocenters. The number of aliphatic hydroxyl groups is 1. The van der Waals surface area contributed by atoms with Gasteiger partial charge in [0.15, 0.2) is 0 Å². The van der Waals surface area contributed by atoms with Gasteiger partial charge in [0, 0.05) is 19.3 Å². The molecule has 0 spiro atoms. The zero-order valence-corrected chi connectivity index (χ0v) is 21.0. The summed E-state index contributed by atoms with van der Waals surface area (Å²) in [5.41, 5.74) is 0. The van der Waals surface area contributed by atoms with Crippen molar-refractivity contribution in [3.63, 3.8) is 0 Å². The van der Waals surface area contributed by atoms with Gasteiger partial charge in [-0.3, -0.25) is 14.4 Å². The number of ether oxygens (including phenoxy) is 2. The summed E-state index contributed by atoms with van der Waals surface area (Å²) in [5.74, 6) is -1.37. The van der Waals surface area contributed by atoms with Gasteiger partial charge in [0.2, 0.25) is 0 Å². The molecule has 0 aromatic carbocycles. The Bertz CT molecular complexity index is 507. The number of aliphatic hydroxyl groups excluding tert-OH is 1. The molecule has 2 N–H and O–H groups in total. The molecule has 194 valence electrons. The minimum atomic E-state index is -0.863. The number of esters is 2. The van der Waals surface area contributed by atoms with Crippen molar-refractivity contribution in [1.82, 2.24) is 0 Å². The number of carbonyl (C=O) groups excluding carboxylic acids is 2. The zero-order valence-electron chi connectivity index (χ0n) is 21.0. The van der Waals surface area contributed by atoms with E-state index in [2.05, 4.69) is 6.92 Å². The van der Waals surface area contributed by atoms with Gasteiger partial charge in [0.05, 0.1) is 12.7 Å². The number of carbonyl (C=O) groups is 3. The Balaban J connectivity index is 4.30. The summed E-state index contributed by atoms with van der Waals surface area (Å²) in [6.45, 7) is 4.41. The highest BCUT2D eigenvalue weighted by molar-refractivity contribution is 5.70. The number of rotatable bonds is 23. The summed E-state index contributed by atoms with van der Waals surface area (Å²) in [7, 11) is 0. The van der Waals surface area contributed by atoms with E-state index in [9.17, 15) is 19.5 Å². The molecule has 0 aromatic heterocycles. The highest BCUT2D eigenvalue weighted by Crippen LogP contribution is 2.19. The molecule has 7 heteroatoms. The number of unbranched alkanes of at least 4 members (excludes halogenated alkanes) is 10. The molecule has 0 saturated carbocycles. The van der Waals surface area contributed by atoms with E-state index >= 15 is 0 Å². The van der Waals surface area contributed by atoms with Crippen LogP contribution >= 0.6 is 0 Å². The van der Waals surface area contributed by atoms with Crippen LogP contribution in [-0.4, -0.2) is 46.9 Å². The molecule has 0 saturated heterocycles. The fraction of sp³-hybridized carbons (Fsp3) is 0.885. The maximum atomic E-state index is 12.2. The molecule has 0 aliphatic carbocycles. The molecule has 7 nitrogen and oxygen atoms in total. The highest BCUT2D eigenvalue weighted by Gasteiger charge is 2.22. The predicted molar refractivity (Wildman–Crippen MR) is 129 cm³/mol. The number of carboxylic acids is 1. The molecule has 33 heavy (non-hydrogen) atoms. The van der Waals surface area contributed by atoms with Crippen molar-refractivity contribution in [3.8, 4) is 0 Å². The summed E-state index contributed by atoms with van der Waals surface area (Å²) in [4.78, 5) is 34.2. The van der Waals surface area contributed by atoms with Gasteiger partial charge in [-0.2, -0.15) is 0 Å². The first-order valence-corrected chi connectivity index (χ1v) is 13.2. The molecule has 0 aromatic rings. The Morgan fingerprint density at radius 3 is 1.82 bits per heavy atom. The second-order valence-corrected chi connectivity index (χ2v) is 8.86. The molecular weight excluding hydrogens is 424 g/mol. The Morgan fingerprint density at radius 2 is 1.18 bits per heavy atom. The summed E-state index contributed by atoms with van der Waals surface area (Å²) in [6.07, 6.45) is 13.1. The highest BCUT2D eigenvalue weighted by atomic mass is 16.6. The molecule has 2 atom stereocenters. The van der Waals surface area contributed by atoms with Crippen LogP contribution in [0.5, 0.6) is 0 Å². The second-order valence-electron chi connectivity index (χ2n) is 8.86. The number of aliphatic carboxylic acids is 1. The van der Waals surface area contributed by atoms with Gasteiger partial charge in [0.1, 0.15) is 6.10 Å². The molecule has 0 rings (SSSR count). The van der Waals surface area contributed by atoms with Crippen molar-refractivity contribution in [2.24, 2.45) is 0 Å². The summed E-state index contributed by atoms with van der Waals surface area (Å²) >= 11 is 0. The summed E-state index contributed by atoms with van der Waals surface area (Å²) < 4.78 is 10.5. The average molecular weight is 473 g/mol. The normalized spacial score (nSPS) is 12.8. The van der Waals surface area contributed by atoms with Crippen LogP contribution in [0.3, 0.4) is 0 Å². The van der Waals surface area contributed by atoms with Crippen LogP contribution in [0, 0.1) is 0 Å². The van der Waals surface area contributed by atoms with Crippen molar-refractivity contribution in [1.29, 1.82) is 0 Å². The smallest absolute Gasteiger partial charge is 0.306 e. The van der Waals surface area contributed by atoms with Gasteiger partial charge in [0.25, 0.3) is 0 Å². The maximum Gasteiger partial charge on any atom is 0.306 e. The van der Waals surface area contributed by atoms with Crippen LogP contribution in [0.4, 0.5) is 0 Å². The van der Waals surface area contributed by atoms with Crippen molar-refractivity contribution < 1.29 is 34.1 Å². The summed E-state index contributed by atoms with van der Waals surface area (Å²) in [6, 6.07) is 0. The maximum absolute atomic E-state index is 12.2. The van der Waals surface area contributed by atoms with Crippen LogP contribution < -0.4 is 0 Å². The molecule has 0 aliphatic rings. The average Bonchev–Trinajstić information content (AvgIpc) is 2.77. The van der Waals surface area contributed by atoms with Crippen LogP contribution in [0.2, 0.25) is 0 Å². The fourth-order valence-corrected chi connectivity index (χ4v) is 3.80. The molecule has 0 heterocycles. The van der Waals surface area contributed by atoms with Gasteiger partial charge in [-0.15, -0.1) is 0 Å². The van der Waals surface area contributed by atoms with Gasteiger partial charge in [-0.1, -0.05) is 64.7 Å². The van der Waals surface area contributed by atoms with Gasteiger partial charge < -0.3 is 19.7 Å². The molecule has 0 radical (unpaired) electrons. The van der Waals surface area contributed by atoms with Crippen molar-refractivity contribution >= 4 is 17.9 Å².